The quantitative estimate of drug-likeness (QED) is 0.499. The van der Waals surface area contributed by atoms with Gasteiger partial charge in [-0.1, -0.05) is 24.3 Å². The van der Waals surface area contributed by atoms with E-state index in [1.807, 2.05) is 6.07 Å². The summed E-state index contributed by atoms with van der Waals surface area (Å²) in [5.74, 6) is 0. The molecule has 4 aromatic rings. The predicted molar refractivity (Wildman–Crippen MR) is 122 cm³/mol. The van der Waals surface area contributed by atoms with E-state index >= 15 is 0 Å². The zero-order chi connectivity index (χ0) is 22.2. The van der Waals surface area contributed by atoms with Gasteiger partial charge in [-0.05, 0) is 37.1 Å². The van der Waals surface area contributed by atoms with Gasteiger partial charge in [-0.25, -0.2) is 9.59 Å². The van der Waals surface area contributed by atoms with Gasteiger partial charge in [0, 0.05) is 32.2 Å². The Morgan fingerprint density at radius 1 is 0.781 bits per heavy atom. The van der Waals surface area contributed by atoms with Crippen LogP contribution >= 0.6 is 0 Å². The molecule has 0 amide bonds. The maximum Gasteiger partial charge on any atom is 0.329 e. The minimum atomic E-state index is -0.408. The summed E-state index contributed by atoms with van der Waals surface area (Å²) in [7, 11) is 0. The molecule has 0 spiro atoms. The van der Waals surface area contributed by atoms with Crippen molar-refractivity contribution >= 4 is 21.8 Å². The Bertz CT molecular complexity index is 1540. The standard InChI is InChI=1S/C23H23N5O4/c29-20-17-6-2-4-8-19(17)28(23(32)25-20)15-9-11-26(12-10-15)13-14-27-21(30)16-5-1-3-7-18(16)24-22(27)31/h1-8,15H,9-14H2,(H,24,31)(H,25,29,32). The maximum atomic E-state index is 12.7. The van der Waals surface area contributed by atoms with Crippen LogP contribution in [0.3, 0.4) is 0 Å². The van der Waals surface area contributed by atoms with Crippen LogP contribution in [0.2, 0.25) is 0 Å². The molecule has 0 radical (unpaired) electrons. The van der Waals surface area contributed by atoms with Gasteiger partial charge in [0.2, 0.25) is 0 Å². The number of benzene rings is 2. The van der Waals surface area contributed by atoms with Crippen molar-refractivity contribution in [3.63, 3.8) is 0 Å². The van der Waals surface area contributed by atoms with Gasteiger partial charge in [-0.2, -0.15) is 0 Å². The largest absolute Gasteiger partial charge is 0.329 e. The van der Waals surface area contributed by atoms with Crippen molar-refractivity contribution in [2.45, 2.75) is 25.4 Å². The van der Waals surface area contributed by atoms with E-state index in [1.54, 1.807) is 47.0 Å². The van der Waals surface area contributed by atoms with E-state index in [1.165, 1.54) is 4.57 Å². The Morgan fingerprint density at radius 2 is 1.47 bits per heavy atom. The van der Waals surface area contributed by atoms with Gasteiger partial charge in [0.05, 0.1) is 21.8 Å². The van der Waals surface area contributed by atoms with Crippen molar-refractivity contribution in [1.82, 2.24) is 24.0 Å². The highest BCUT2D eigenvalue weighted by molar-refractivity contribution is 5.78. The van der Waals surface area contributed by atoms with Crippen LogP contribution in [0, 0.1) is 0 Å². The lowest BCUT2D eigenvalue weighted by molar-refractivity contribution is 0.179. The summed E-state index contributed by atoms with van der Waals surface area (Å²) < 4.78 is 2.93. The second-order valence-electron chi connectivity index (χ2n) is 8.15. The number of aromatic nitrogens is 4. The van der Waals surface area contributed by atoms with Gasteiger partial charge >= 0.3 is 11.4 Å². The molecule has 2 aromatic carbocycles. The number of nitrogens with zero attached hydrogens (tertiary/aromatic N) is 3. The predicted octanol–water partition coefficient (Wildman–Crippen LogP) is 1.03. The molecule has 1 fully saturated rings. The Hall–Kier alpha value is -3.72. The summed E-state index contributed by atoms with van der Waals surface area (Å²) in [5.41, 5.74) is -0.265. The molecule has 9 nitrogen and oxygen atoms in total. The number of piperidine rings is 1. The van der Waals surface area contributed by atoms with Crippen molar-refractivity contribution in [2.24, 2.45) is 0 Å². The van der Waals surface area contributed by atoms with E-state index in [0.717, 1.165) is 25.9 Å². The van der Waals surface area contributed by atoms with Crippen molar-refractivity contribution in [2.75, 3.05) is 19.6 Å². The van der Waals surface area contributed by atoms with Gasteiger partial charge < -0.3 is 9.88 Å². The van der Waals surface area contributed by atoms with E-state index in [-0.39, 0.29) is 22.9 Å². The normalized spacial score (nSPS) is 15.5. The first kappa shape index (κ1) is 20.2. The van der Waals surface area contributed by atoms with E-state index in [4.69, 9.17) is 0 Å². The van der Waals surface area contributed by atoms with Crippen LogP contribution in [0.5, 0.6) is 0 Å². The monoisotopic (exact) mass is 433 g/mol. The number of para-hydroxylation sites is 2. The molecule has 0 saturated carbocycles. The minimum absolute atomic E-state index is 0.0210. The van der Waals surface area contributed by atoms with E-state index in [2.05, 4.69) is 14.9 Å². The summed E-state index contributed by atoms with van der Waals surface area (Å²) in [6.45, 7) is 2.32. The summed E-state index contributed by atoms with van der Waals surface area (Å²) in [4.78, 5) is 57.1. The number of fused-ring (bicyclic) bond motifs is 2. The van der Waals surface area contributed by atoms with E-state index < -0.39 is 5.69 Å². The molecule has 0 atom stereocenters. The molecule has 2 aromatic heterocycles. The molecule has 3 heterocycles. The van der Waals surface area contributed by atoms with Gasteiger partial charge in [-0.15, -0.1) is 0 Å². The molecule has 5 rings (SSSR count). The summed E-state index contributed by atoms with van der Waals surface area (Å²) in [6.07, 6.45) is 1.47. The fourth-order valence-corrected chi connectivity index (χ4v) is 4.62. The van der Waals surface area contributed by atoms with Crippen LogP contribution in [-0.2, 0) is 6.54 Å². The van der Waals surface area contributed by atoms with Crippen LogP contribution in [0.25, 0.3) is 21.8 Å². The molecule has 1 aliphatic rings. The minimum Gasteiger partial charge on any atom is -0.307 e. The van der Waals surface area contributed by atoms with E-state index in [0.29, 0.717) is 34.9 Å². The lowest BCUT2D eigenvalue weighted by Gasteiger charge is -2.33. The SMILES string of the molecule is O=c1[nH]c(=O)n(C2CCN(CCn3c(=O)[nH]c4ccccc4c3=O)CC2)c2ccccc12. The smallest absolute Gasteiger partial charge is 0.307 e. The number of nitrogens with one attached hydrogen (secondary N) is 2. The van der Waals surface area contributed by atoms with Crippen LogP contribution in [0.15, 0.2) is 67.7 Å². The van der Waals surface area contributed by atoms with Crippen molar-refractivity contribution in [3.05, 3.63) is 90.2 Å². The average molecular weight is 433 g/mol. The highest BCUT2D eigenvalue weighted by Gasteiger charge is 2.23. The number of aromatic amines is 2. The molecule has 0 unspecified atom stereocenters. The zero-order valence-electron chi connectivity index (χ0n) is 17.4. The first-order valence-electron chi connectivity index (χ1n) is 10.7. The molecular formula is C23H23N5O4. The van der Waals surface area contributed by atoms with Crippen molar-refractivity contribution < 1.29 is 0 Å². The van der Waals surface area contributed by atoms with Gasteiger partial charge in [0.15, 0.2) is 0 Å². The van der Waals surface area contributed by atoms with Gasteiger partial charge in [-0.3, -0.25) is 23.7 Å². The summed E-state index contributed by atoms with van der Waals surface area (Å²) >= 11 is 0. The van der Waals surface area contributed by atoms with E-state index in [9.17, 15) is 19.2 Å². The Balaban J connectivity index is 1.32. The number of hydrogen-bond acceptors (Lipinski definition) is 5. The fourth-order valence-electron chi connectivity index (χ4n) is 4.62. The van der Waals surface area contributed by atoms with Crippen LogP contribution in [0.1, 0.15) is 18.9 Å². The molecule has 1 aliphatic heterocycles. The van der Waals surface area contributed by atoms with Crippen LogP contribution < -0.4 is 22.5 Å². The second-order valence-corrected chi connectivity index (χ2v) is 8.15. The lowest BCUT2D eigenvalue weighted by Crippen LogP contribution is -2.43. The lowest BCUT2D eigenvalue weighted by atomic mass is 10.0. The highest BCUT2D eigenvalue weighted by Crippen LogP contribution is 2.23. The number of hydrogen-bond donors (Lipinski definition) is 2. The third-order valence-electron chi connectivity index (χ3n) is 6.30. The third kappa shape index (κ3) is 3.50. The Kier molecular flexibility index (Phi) is 5.10. The summed E-state index contributed by atoms with van der Waals surface area (Å²) in [5, 5.41) is 1.000. The molecule has 9 heteroatoms. The maximum absolute atomic E-state index is 12.7. The number of rotatable bonds is 4. The average Bonchev–Trinajstić information content (AvgIpc) is 2.80. The number of likely N-dealkylation sites (tertiary alicyclic amines) is 1. The van der Waals surface area contributed by atoms with Gasteiger partial charge in [0.25, 0.3) is 11.1 Å². The van der Waals surface area contributed by atoms with Crippen molar-refractivity contribution in [3.8, 4) is 0 Å². The van der Waals surface area contributed by atoms with Crippen molar-refractivity contribution in [1.29, 1.82) is 0 Å². The first-order valence-corrected chi connectivity index (χ1v) is 10.7. The highest BCUT2D eigenvalue weighted by atomic mass is 16.2. The molecule has 1 saturated heterocycles. The third-order valence-corrected chi connectivity index (χ3v) is 6.30. The van der Waals surface area contributed by atoms with Crippen LogP contribution in [0.4, 0.5) is 0 Å². The van der Waals surface area contributed by atoms with Crippen LogP contribution in [-0.4, -0.2) is 43.6 Å². The summed E-state index contributed by atoms with van der Waals surface area (Å²) in [6, 6.07) is 14.1. The fraction of sp³-hybridized carbons (Fsp3) is 0.304. The van der Waals surface area contributed by atoms with Gasteiger partial charge in [0.1, 0.15) is 0 Å². The Morgan fingerprint density at radius 3 is 2.25 bits per heavy atom. The zero-order valence-corrected chi connectivity index (χ0v) is 17.4. The Labute approximate surface area is 181 Å². The first-order chi connectivity index (χ1) is 15.5. The molecule has 164 valence electrons. The molecule has 32 heavy (non-hydrogen) atoms. The molecular weight excluding hydrogens is 410 g/mol. The number of H-pyrrole nitrogens is 2. The topological polar surface area (TPSA) is 113 Å². The molecule has 0 bridgehead atoms. The molecule has 2 N–H and O–H groups in total. The molecule has 0 aliphatic carbocycles. The second kappa shape index (κ2) is 8.08.